The summed E-state index contributed by atoms with van der Waals surface area (Å²) in [6.45, 7) is 0.863. The number of thioether (sulfide) groups is 1. The number of aromatic amines is 1. The maximum atomic E-state index is 11.8. The van der Waals surface area contributed by atoms with Gasteiger partial charge in [-0.3, -0.25) is 4.79 Å². The first-order chi connectivity index (χ1) is 8.76. The van der Waals surface area contributed by atoms with E-state index in [1.165, 1.54) is 22.6 Å². The normalized spacial score (nSPS) is 11.2. The molecule has 0 bridgehead atoms. The van der Waals surface area contributed by atoms with E-state index in [1.807, 2.05) is 0 Å². The quantitative estimate of drug-likeness (QED) is 0.431. The summed E-state index contributed by atoms with van der Waals surface area (Å²) in [6, 6.07) is 0. The van der Waals surface area contributed by atoms with Crippen molar-refractivity contribution in [1.29, 1.82) is 0 Å². The van der Waals surface area contributed by atoms with E-state index in [2.05, 4.69) is 15.1 Å². The first-order valence-corrected chi connectivity index (χ1v) is 6.43. The second-order valence-corrected chi connectivity index (χ2v) is 4.62. The number of aliphatic hydroxyl groups is 1. The summed E-state index contributed by atoms with van der Waals surface area (Å²) in [7, 11) is 1.62. The van der Waals surface area contributed by atoms with E-state index in [-0.39, 0.29) is 12.2 Å². The monoisotopic (exact) mass is 270 g/mol. The molecule has 0 unspecified atom stereocenters. The van der Waals surface area contributed by atoms with Gasteiger partial charge >= 0.3 is 0 Å². The van der Waals surface area contributed by atoms with Crippen molar-refractivity contribution in [2.45, 2.75) is 11.7 Å². The zero-order valence-electron chi connectivity index (χ0n) is 9.92. The Bertz CT molecular complexity index is 580. The van der Waals surface area contributed by atoms with Crippen LogP contribution < -0.4 is 5.56 Å². The number of methoxy groups -OCH3 is 1. The maximum Gasteiger partial charge on any atom is 0.262 e. The standard InChI is InChI=1S/C10H14N4O3S/c1-17-4-5-18-10-12-8-7(9(16)13-10)6-11-14(8)2-3-15/h6,15H,2-5H2,1H3,(H,12,13,16). The summed E-state index contributed by atoms with van der Waals surface area (Å²) < 4.78 is 6.46. The molecule has 0 atom stereocenters. The number of hydrogen-bond donors (Lipinski definition) is 2. The van der Waals surface area contributed by atoms with E-state index in [0.717, 1.165) is 0 Å². The van der Waals surface area contributed by atoms with Crippen molar-refractivity contribution < 1.29 is 9.84 Å². The predicted octanol–water partition coefficient (Wildman–Crippen LogP) is -0.150. The van der Waals surface area contributed by atoms with Gasteiger partial charge in [0.25, 0.3) is 5.56 Å². The van der Waals surface area contributed by atoms with Gasteiger partial charge < -0.3 is 14.8 Å². The Labute approximate surface area is 107 Å². The third-order valence-electron chi connectivity index (χ3n) is 2.32. The Morgan fingerprint density at radius 3 is 3.17 bits per heavy atom. The van der Waals surface area contributed by atoms with Crippen molar-refractivity contribution in [1.82, 2.24) is 19.7 Å². The lowest BCUT2D eigenvalue weighted by molar-refractivity contribution is 0.218. The molecule has 98 valence electrons. The Balaban J connectivity index is 2.32. The van der Waals surface area contributed by atoms with Gasteiger partial charge in [0.2, 0.25) is 0 Å². The highest BCUT2D eigenvalue weighted by molar-refractivity contribution is 7.99. The van der Waals surface area contributed by atoms with Crippen LogP contribution in [0.4, 0.5) is 0 Å². The number of nitrogens with zero attached hydrogens (tertiary/aromatic N) is 3. The fourth-order valence-corrected chi connectivity index (χ4v) is 2.25. The SMILES string of the molecule is COCCSc1nc2c(cnn2CCO)c(=O)[nH]1. The van der Waals surface area contributed by atoms with Crippen molar-refractivity contribution in [3.63, 3.8) is 0 Å². The van der Waals surface area contributed by atoms with Gasteiger partial charge in [-0.25, -0.2) is 9.67 Å². The van der Waals surface area contributed by atoms with Crippen molar-refractivity contribution >= 4 is 22.8 Å². The first kappa shape index (κ1) is 13.1. The van der Waals surface area contributed by atoms with Crippen molar-refractivity contribution in [2.24, 2.45) is 0 Å². The first-order valence-electron chi connectivity index (χ1n) is 5.44. The second kappa shape index (κ2) is 5.98. The number of fused-ring (bicyclic) bond motifs is 1. The lowest BCUT2D eigenvalue weighted by atomic mass is 10.4. The van der Waals surface area contributed by atoms with Crippen molar-refractivity contribution in [3.8, 4) is 0 Å². The predicted molar refractivity (Wildman–Crippen MR) is 67.8 cm³/mol. The van der Waals surface area contributed by atoms with Gasteiger partial charge in [-0.15, -0.1) is 0 Å². The highest BCUT2D eigenvalue weighted by atomic mass is 32.2. The van der Waals surface area contributed by atoms with Crippen LogP contribution in [-0.2, 0) is 11.3 Å². The molecule has 2 aromatic heterocycles. The molecule has 2 rings (SSSR count). The molecular weight excluding hydrogens is 256 g/mol. The van der Waals surface area contributed by atoms with Crippen LogP contribution in [0.15, 0.2) is 16.1 Å². The van der Waals surface area contributed by atoms with Gasteiger partial charge in [-0.05, 0) is 0 Å². The molecule has 7 nitrogen and oxygen atoms in total. The van der Waals surface area contributed by atoms with Gasteiger partial charge in [0, 0.05) is 12.9 Å². The van der Waals surface area contributed by atoms with Gasteiger partial charge in [0.1, 0.15) is 5.39 Å². The van der Waals surface area contributed by atoms with Crippen LogP contribution >= 0.6 is 11.8 Å². The van der Waals surface area contributed by atoms with Crippen LogP contribution in [0.25, 0.3) is 11.0 Å². The number of aromatic nitrogens is 4. The van der Waals surface area contributed by atoms with Gasteiger partial charge in [-0.2, -0.15) is 5.10 Å². The molecule has 0 aliphatic rings. The number of aliphatic hydroxyl groups excluding tert-OH is 1. The molecular formula is C10H14N4O3S. The fraction of sp³-hybridized carbons (Fsp3) is 0.500. The highest BCUT2D eigenvalue weighted by Gasteiger charge is 2.09. The molecule has 8 heteroatoms. The summed E-state index contributed by atoms with van der Waals surface area (Å²) in [5.74, 6) is 0.707. The molecule has 2 heterocycles. The molecule has 2 aromatic rings. The summed E-state index contributed by atoms with van der Waals surface area (Å²) in [5.41, 5.74) is 0.275. The minimum Gasteiger partial charge on any atom is -0.394 e. The Hall–Kier alpha value is -1.38. The van der Waals surface area contributed by atoms with Crippen LogP contribution in [0.3, 0.4) is 0 Å². The van der Waals surface area contributed by atoms with Gasteiger partial charge in [-0.1, -0.05) is 11.8 Å². The van der Waals surface area contributed by atoms with Crippen molar-refractivity contribution in [2.75, 3.05) is 26.1 Å². The minimum absolute atomic E-state index is 0.0442. The summed E-state index contributed by atoms with van der Waals surface area (Å²) in [4.78, 5) is 18.8. The van der Waals surface area contributed by atoms with Crippen LogP contribution in [0.2, 0.25) is 0 Å². The lowest BCUT2D eigenvalue weighted by Crippen LogP contribution is -2.11. The molecule has 0 amide bonds. The number of ether oxygens (including phenoxy) is 1. The van der Waals surface area contributed by atoms with E-state index in [0.29, 0.717) is 35.1 Å². The van der Waals surface area contributed by atoms with E-state index in [1.54, 1.807) is 7.11 Å². The number of H-pyrrole nitrogens is 1. The molecule has 0 saturated heterocycles. The molecule has 0 aromatic carbocycles. The molecule has 0 saturated carbocycles. The fourth-order valence-electron chi connectivity index (χ4n) is 1.49. The van der Waals surface area contributed by atoms with Crippen LogP contribution in [-0.4, -0.2) is 50.9 Å². The minimum atomic E-state index is -0.218. The van der Waals surface area contributed by atoms with E-state index in [4.69, 9.17) is 9.84 Å². The topological polar surface area (TPSA) is 93.0 Å². The zero-order valence-corrected chi connectivity index (χ0v) is 10.7. The lowest BCUT2D eigenvalue weighted by Gasteiger charge is -2.02. The highest BCUT2D eigenvalue weighted by Crippen LogP contribution is 2.14. The summed E-state index contributed by atoms with van der Waals surface area (Å²) in [6.07, 6.45) is 1.46. The van der Waals surface area contributed by atoms with Crippen LogP contribution in [0.1, 0.15) is 0 Å². The Morgan fingerprint density at radius 2 is 2.44 bits per heavy atom. The number of nitrogens with one attached hydrogen (secondary N) is 1. The third kappa shape index (κ3) is 2.71. The average Bonchev–Trinajstić information content (AvgIpc) is 2.74. The molecule has 0 aliphatic carbocycles. The number of hydrogen-bond acceptors (Lipinski definition) is 6. The molecule has 0 fully saturated rings. The Kier molecular flexibility index (Phi) is 4.34. The molecule has 0 aliphatic heterocycles. The zero-order chi connectivity index (χ0) is 13.0. The van der Waals surface area contributed by atoms with Crippen LogP contribution in [0, 0.1) is 0 Å². The van der Waals surface area contributed by atoms with E-state index < -0.39 is 0 Å². The largest absolute Gasteiger partial charge is 0.394 e. The number of rotatable bonds is 6. The van der Waals surface area contributed by atoms with E-state index >= 15 is 0 Å². The third-order valence-corrected chi connectivity index (χ3v) is 3.16. The summed E-state index contributed by atoms with van der Waals surface area (Å²) >= 11 is 1.41. The molecule has 18 heavy (non-hydrogen) atoms. The maximum absolute atomic E-state index is 11.8. The average molecular weight is 270 g/mol. The molecule has 0 radical (unpaired) electrons. The second-order valence-electron chi connectivity index (χ2n) is 3.54. The Morgan fingerprint density at radius 1 is 1.61 bits per heavy atom. The van der Waals surface area contributed by atoms with Crippen molar-refractivity contribution in [3.05, 3.63) is 16.6 Å². The van der Waals surface area contributed by atoms with Gasteiger partial charge in [0.05, 0.1) is 26.0 Å². The smallest absolute Gasteiger partial charge is 0.262 e. The molecule has 2 N–H and O–H groups in total. The van der Waals surface area contributed by atoms with E-state index in [9.17, 15) is 4.79 Å². The van der Waals surface area contributed by atoms with Gasteiger partial charge in [0.15, 0.2) is 10.8 Å². The molecule has 0 spiro atoms. The summed E-state index contributed by atoms with van der Waals surface area (Å²) in [5, 5.41) is 13.9. The van der Waals surface area contributed by atoms with Crippen LogP contribution in [0.5, 0.6) is 0 Å².